The van der Waals surface area contributed by atoms with Crippen molar-refractivity contribution in [2.75, 3.05) is 5.73 Å². The summed E-state index contributed by atoms with van der Waals surface area (Å²) < 4.78 is 1.04. The highest BCUT2D eigenvalue weighted by atomic mass is 79.9. The summed E-state index contributed by atoms with van der Waals surface area (Å²) in [7, 11) is 0. The van der Waals surface area contributed by atoms with Crippen molar-refractivity contribution in [1.29, 1.82) is 5.26 Å². The summed E-state index contributed by atoms with van der Waals surface area (Å²) >= 11 is 4.84. The maximum absolute atomic E-state index is 8.92. The Hall–Kier alpha value is -1.31. The molecule has 2 nitrogen and oxygen atoms in total. The van der Waals surface area contributed by atoms with Crippen LogP contribution in [-0.4, -0.2) is 0 Å². The van der Waals surface area contributed by atoms with Gasteiger partial charge in [-0.25, -0.2) is 0 Å². The number of halogens is 1. The molecule has 0 saturated heterocycles. The molecule has 0 saturated carbocycles. The number of hydrogen-bond acceptors (Lipinski definition) is 3. The Kier molecular flexibility index (Phi) is 2.99. The van der Waals surface area contributed by atoms with Crippen LogP contribution in [0, 0.1) is 18.3 Å². The molecule has 2 N–H and O–H groups in total. The summed E-state index contributed by atoms with van der Waals surface area (Å²) in [5, 5.41) is 8.92. The van der Waals surface area contributed by atoms with Gasteiger partial charge in [0.05, 0.1) is 5.69 Å². The molecule has 16 heavy (non-hydrogen) atoms. The van der Waals surface area contributed by atoms with E-state index in [1.165, 1.54) is 11.3 Å². The average Bonchev–Trinajstić information content (AvgIpc) is 2.57. The van der Waals surface area contributed by atoms with E-state index in [9.17, 15) is 0 Å². The van der Waals surface area contributed by atoms with E-state index in [0.29, 0.717) is 10.6 Å². The van der Waals surface area contributed by atoms with Crippen LogP contribution < -0.4 is 5.73 Å². The zero-order valence-electron chi connectivity index (χ0n) is 8.62. The Morgan fingerprint density at radius 3 is 2.44 bits per heavy atom. The van der Waals surface area contributed by atoms with Gasteiger partial charge in [-0.05, 0) is 30.2 Å². The van der Waals surface area contributed by atoms with Crippen LogP contribution in [0.15, 0.2) is 28.7 Å². The number of anilines is 1. The molecule has 2 aromatic rings. The lowest BCUT2D eigenvalue weighted by atomic mass is 10.1. The number of nitrogens with two attached hydrogens (primary N) is 1. The van der Waals surface area contributed by atoms with Crippen molar-refractivity contribution in [2.24, 2.45) is 0 Å². The molecule has 0 amide bonds. The molecule has 0 bridgehead atoms. The van der Waals surface area contributed by atoms with Gasteiger partial charge < -0.3 is 5.73 Å². The fourth-order valence-electron chi connectivity index (χ4n) is 1.49. The summed E-state index contributed by atoms with van der Waals surface area (Å²) in [6.07, 6.45) is 0. The van der Waals surface area contributed by atoms with Gasteiger partial charge in [-0.1, -0.05) is 28.1 Å². The molecule has 0 aliphatic rings. The number of benzene rings is 1. The van der Waals surface area contributed by atoms with Gasteiger partial charge in [0.2, 0.25) is 0 Å². The van der Waals surface area contributed by atoms with Crippen LogP contribution in [0.5, 0.6) is 0 Å². The van der Waals surface area contributed by atoms with Crippen molar-refractivity contribution in [3.05, 3.63) is 39.2 Å². The van der Waals surface area contributed by atoms with E-state index in [2.05, 4.69) is 22.0 Å². The second-order valence-electron chi connectivity index (χ2n) is 3.42. The molecule has 1 aromatic carbocycles. The van der Waals surface area contributed by atoms with Gasteiger partial charge >= 0.3 is 0 Å². The molecule has 0 aliphatic heterocycles. The SMILES string of the molecule is Cc1c(-c2ccc(Br)cc2)sc(C#N)c1N. The second kappa shape index (κ2) is 4.28. The lowest BCUT2D eigenvalue weighted by molar-refractivity contribution is 1.49. The lowest BCUT2D eigenvalue weighted by Crippen LogP contribution is -1.87. The van der Waals surface area contributed by atoms with Crippen LogP contribution in [0.1, 0.15) is 10.4 Å². The minimum absolute atomic E-state index is 0.593. The van der Waals surface area contributed by atoms with Crippen LogP contribution >= 0.6 is 27.3 Å². The van der Waals surface area contributed by atoms with Crippen molar-refractivity contribution in [3.63, 3.8) is 0 Å². The molecule has 0 radical (unpaired) electrons. The highest BCUT2D eigenvalue weighted by Crippen LogP contribution is 2.37. The summed E-state index contributed by atoms with van der Waals surface area (Å²) in [6.45, 7) is 1.95. The largest absolute Gasteiger partial charge is 0.397 e. The lowest BCUT2D eigenvalue weighted by Gasteiger charge is -2.00. The summed E-state index contributed by atoms with van der Waals surface area (Å²) in [6, 6.07) is 10.1. The quantitative estimate of drug-likeness (QED) is 0.865. The van der Waals surface area contributed by atoms with Crippen molar-refractivity contribution in [1.82, 2.24) is 0 Å². The number of nitrogen functional groups attached to an aromatic ring is 1. The van der Waals surface area contributed by atoms with Crippen molar-refractivity contribution >= 4 is 33.0 Å². The molecule has 0 atom stereocenters. The van der Waals surface area contributed by atoms with Gasteiger partial charge in [0, 0.05) is 9.35 Å². The van der Waals surface area contributed by atoms with Gasteiger partial charge in [0.15, 0.2) is 0 Å². The highest BCUT2D eigenvalue weighted by molar-refractivity contribution is 9.10. The Labute approximate surface area is 106 Å². The average molecular weight is 293 g/mol. The van der Waals surface area contributed by atoms with E-state index >= 15 is 0 Å². The first-order chi connectivity index (χ1) is 7.63. The van der Waals surface area contributed by atoms with E-state index < -0.39 is 0 Å². The number of nitrogens with zero attached hydrogens (tertiary/aromatic N) is 1. The van der Waals surface area contributed by atoms with Crippen LogP contribution in [-0.2, 0) is 0 Å². The Morgan fingerprint density at radius 2 is 1.94 bits per heavy atom. The van der Waals surface area contributed by atoms with Crippen LogP contribution in [0.25, 0.3) is 10.4 Å². The molecule has 4 heteroatoms. The summed E-state index contributed by atoms with van der Waals surface area (Å²) in [5.74, 6) is 0. The van der Waals surface area contributed by atoms with Crippen molar-refractivity contribution in [3.8, 4) is 16.5 Å². The zero-order valence-corrected chi connectivity index (χ0v) is 11.0. The maximum Gasteiger partial charge on any atom is 0.128 e. The fourth-order valence-corrected chi connectivity index (χ4v) is 2.78. The van der Waals surface area contributed by atoms with E-state index in [1.54, 1.807) is 0 Å². The molecule has 0 spiro atoms. The third kappa shape index (κ3) is 1.84. The van der Waals surface area contributed by atoms with E-state index in [0.717, 1.165) is 20.5 Å². The minimum Gasteiger partial charge on any atom is -0.397 e. The predicted octanol–water partition coefficient (Wildman–Crippen LogP) is 3.94. The molecule has 80 valence electrons. The molecule has 0 aliphatic carbocycles. The van der Waals surface area contributed by atoms with Gasteiger partial charge in [-0.15, -0.1) is 11.3 Å². The van der Waals surface area contributed by atoms with E-state index in [-0.39, 0.29) is 0 Å². The fraction of sp³-hybridized carbons (Fsp3) is 0.0833. The molecule has 1 heterocycles. The monoisotopic (exact) mass is 292 g/mol. The third-order valence-corrected chi connectivity index (χ3v) is 4.19. The van der Waals surface area contributed by atoms with E-state index in [1.807, 2.05) is 31.2 Å². The smallest absolute Gasteiger partial charge is 0.128 e. The molecular weight excluding hydrogens is 284 g/mol. The number of nitriles is 1. The van der Waals surface area contributed by atoms with E-state index in [4.69, 9.17) is 11.0 Å². The first-order valence-corrected chi connectivity index (χ1v) is 6.29. The molecule has 2 rings (SSSR count). The first kappa shape index (κ1) is 11.2. The van der Waals surface area contributed by atoms with Crippen LogP contribution in [0.2, 0.25) is 0 Å². The van der Waals surface area contributed by atoms with Gasteiger partial charge in [0.1, 0.15) is 10.9 Å². The second-order valence-corrected chi connectivity index (χ2v) is 5.35. The van der Waals surface area contributed by atoms with Crippen LogP contribution in [0.4, 0.5) is 5.69 Å². The third-order valence-electron chi connectivity index (χ3n) is 2.40. The Morgan fingerprint density at radius 1 is 1.31 bits per heavy atom. The topological polar surface area (TPSA) is 49.8 Å². The Balaban J connectivity index is 2.57. The minimum atomic E-state index is 0.593. The zero-order chi connectivity index (χ0) is 11.7. The maximum atomic E-state index is 8.92. The van der Waals surface area contributed by atoms with Gasteiger partial charge in [-0.2, -0.15) is 5.26 Å². The molecule has 0 fully saturated rings. The van der Waals surface area contributed by atoms with Crippen LogP contribution in [0.3, 0.4) is 0 Å². The highest BCUT2D eigenvalue weighted by Gasteiger charge is 2.13. The molecule has 1 aromatic heterocycles. The van der Waals surface area contributed by atoms with Crippen molar-refractivity contribution in [2.45, 2.75) is 6.92 Å². The molecular formula is C12H9BrN2S. The standard InChI is InChI=1S/C12H9BrN2S/c1-7-11(15)10(6-14)16-12(7)8-2-4-9(13)5-3-8/h2-5H,15H2,1H3. The molecule has 0 unspecified atom stereocenters. The number of hydrogen-bond donors (Lipinski definition) is 1. The van der Waals surface area contributed by atoms with Gasteiger partial charge in [0.25, 0.3) is 0 Å². The summed E-state index contributed by atoms with van der Waals surface area (Å²) in [5.41, 5.74) is 8.55. The Bertz CT molecular complexity index is 564. The number of rotatable bonds is 1. The van der Waals surface area contributed by atoms with Crippen molar-refractivity contribution < 1.29 is 0 Å². The summed E-state index contributed by atoms with van der Waals surface area (Å²) in [4.78, 5) is 1.66. The normalized spacial score (nSPS) is 10.1. The first-order valence-electron chi connectivity index (χ1n) is 4.68. The number of thiophene rings is 1. The van der Waals surface area contributed by atoms with Gasteiger partial charge in [-0.3, -0.25) is 0 Å². The predicted molar refractivity (Wildman–Crippen MR) is 71.3 cm³/mol.